The highest BCUT2D eigenvalue weighted by Gasteiger charge is 2.30. The smallest absolute Gasteiger partial charge is 0.327 e. The molecule has 0 aliphatic carbocycles. The molecular formula is C15H16N4O3. The first-order valence-electron chi connectivity index (χ1n) is 7.00. The lowest BCUT2D eigenvalue weighted by atomic mass is 9.97. The highest BCUT2D eigenvalue weighted by molar-refractivity contribution is 5.92. The molecule has 1 aliphatic heterocycles. The molecule has 1 unspecified atom stereocenters. The van der Waals surface area contributed by atoms with Gasteiger partial charge in [-0.05, 0) is 17.5 Å². The highest BCUT2D eigenvalue weighted by Crippen LogP contribution is 2.27. The van der Waals surface area contributed by atoms with Crippen molar-refractivity contribution in [3.63, 3.8) is 0 Å². The van der Waals surface area contributed by atoms with Crippen molar-refractivity contribution in [3.05, 3.63) is 61.8 Å². The van der Waals surface area contributed by atoms with Gasteiger partial charge >= 0.3 is 11.7 Å². The zero-order chi connectivity index (χ0) is 15.9. The number of carbonyl (C=O) groups excluding carboxylic acids is 1. The number of fused-ring (bicyclic) bond motifs is 1. The largest absolute Gasteiger partial charge is 0.329 e. The predicted molar refractivity (Wildman–Crippen MR) is 82.1 cm³/mol. The Balaban J connectivity index is 2.19. The fourth-order valence-corrected chi connectivity index (χ4v) is 2.60. The van der Waals surface area contributed by atoms with E-state index in [9.17, 15) is 14.4 Å². The highest BCUT2D eigenvalue weighted by atomic mass is 16.2. The van der Waals surface area contributed by atoms with Crippen molar-refractivity contribution in [3.8, 4) is 0 Å². The van der Waals surface area contributed by atoms with Crippen LogP contribution >= 0.6 is 0 Å². The Kier molecular flexibility index (Phi) is 3.32. The number of nitrogens with one attached hydrogen (secondary N) is 3. The lowest BCUT2D eigenvalue weighted by Gasteiger charge is -2.27. The number of hydrogen-bond donors (Lipinski definition) is 3. The van der Waals surface area contributed by atoms with Gasteiger partial charge in [0.2, 0.25) is 0 Å². The summed E-state index contributed by atoms with van der Waals surface area (Å²) < 4.78 is 1.23. The van der Waals surface area contributed by atoms with Crippen LogP contribution in [0.5, 0.6) is 0 Å². The van der Waals surface area contributed by atoms with E-state index in [0.29, 0.717) is 5.56 Å². The first-order chi connectivity index (χ1) is 10.5. The predicted octanol–water partition coefficient (Wildman–Crippen LogP) is 0.860. The average Bonchev–Trinajstić information content (AvgIpc) is 2.52. The molecular weight excluding hydrogens is 284 g/mol. The van der Waals surface area contributed by atoms with Crippen molar-refractivity contribution in [2.75, 3.05) is 5.32 Å². The number of benzene rings is 1. The van der Waals surface area contributed by atoms with E-state index in [1.807, 2.05) is 24.3 Å². The van der Waals surface area contributed by atoms with Crippen LogP contribution in [0.15, 0.2) is 33.9 Å². The van der Waals surface area contributed by atoms with Crippen molar-refractivity contribution in [1.29, 1.82) is 0 Å². The maximum atomic E-state index is 12.2. The van der Waals surface area contributed by atoms with Crippen LogP contribution in [0.1, 0.15) is 29.7 Å². The van der Waals surface area contributed by atoms with E-state index in [-0.39, 0.29) is 5.82 Å². The minimum atomic E-state index is -0.592. The lowest BCUT2D eigenvalue weighted by Crippen LogP contribution is -2.46. The average molecular weight is 300 g/mol. The van der Waals surface area contributed by atoms with Crippen molar-refractivity contribution in [2.24, 2.45) is 7.05 Å². The molecule has 2 aromatic rings. The maximum absolute atomic E-state index is 12.2. The Hall–Kier alpha value is -2.83. The van der Waals surface area contributed by atoms with Gasteiger partial charge in [-0.15, -0.1) is 0 Å². The van der Waals surface area contributed by atoms with E-state index >= 15 is 0 Å². The van der Waals surface area contributed by atoms with Gasteiger partial charge in [0.25, 0.3) is 5.56 Å². The first-order valence-corrected chi connectivity index (χ1v) is 7.00. The molecule has 0 radical (unpaired) electrons. The molecule has 7 nitrogen and oxygen atoms in total. The fourth-order valence-electron chi connectivity index (χ4n) is 2.60. The number of carbonyl (C=O) groups is 1. The van der Waals surface area contributed by atoms with Gasteiger partial charge in [-0.3, -0.25) is 19.7 Å². The Labute approximate surface area is 126 Å². The fraction of sp³-hybridized carbons (Fsp3) is 0.267. The quantitative estimate of drug-likeness (QED) is 0.767. The molecule has 114 valence electrons. The number of aromatic amines is 1. The molecule has 7 heteroatoms. The van der Waals surface area contributed by atoms with Gasteiger partial charge in [0.15, 0.2) is 0 Å². The van der Waals surface area contributed by atoms with Gasteiger partial charge in [-0.25, -0.2) is 9.59 Å². The summed E-state index contributed by atoms with van der Waals surface area (Å²) in [5.41, 5.74) is 1.21. The lowest BCUT2D eigenvalue weighted by molar-refractivity contribution is 0.248. The summed E-state index contributed by atoms with van der Waals surface area (Å²) in [6, 6.07) is 6.63. The topological polar surface area (TPSA) is 96.0 Å². The standard InChI is InChI=1S/C15H16N4O3/c1-3-8-4-6-9(7-5-8)11-10-12(17-14(21)16-11)19(2)15(22)18-13(10)20/h4-7,11H,3H2,1-2H3,(H2,16,17,21)(H,18,20,22). The van der Waals surface area contributed by atoms with Gasteiger partial charge in [0.1, 0.15) is 5.82 Å². The third-order valence-electron chi connectivity index (χ3n) is 3.88. The summed E-state index contributed by atoms with van der Waals surface area (Å²) in [5, 5.41) is 5.25. The van der Waals surface area contributed by atoms with E-state index in [1.54, 1.807) is 0 Å². The number of amides is 2. The van der Waals surface area contributed by atoms with Crippen LogP contribution in [0.2, 0.25) is 0 Å². The van der Waals surface area contributed by atoms with Gasteiger partial charge in [0.05, 0.1) is 11.6 Å². The van der Waals surface area contributed by atoms with Gasteiger partial charge in [-0.1, -0.05) is 31.2 Å². The number of rotatable bonds is 2. The molecule has 0 saturated carbocycles. The van der Waals surface area contributed by atoms with Crippen molar-refractivity contribution in [2.45, 2.75) is 19.4 Å². The number of hydrogen-bond acceptors (Lipinski definition) is 3. The molecule has 22 heavy (non-hydrogen) atoms. The molecule has 0 saturated heterocycles. The van der Waals surface area contributed by atoms with Crippen molar-refractivity contribution in [1.82, 2.24) is 14.9 Å². The molecule has 1 atom stereocenters. The molecule has 1 aliphatic rings. The van der Waals surface area contributed by atoms with Crippen LogP contribution < -0.4 is 21.9 Å². The van der Waals surface area contributed by atoms with E-state index in [1.165, 1.54) is 17.2 Å². The molecule has 3 rings (SSSR count). The molecule has 1 aromatic carbocycles. The molecule has 0 fully saturated rings. The third kappa shape index (κ3) is 2.20. The minimum absolute atomic E-state index is 0.224. The number of aryl methyl sites for hydroxylation is 1. The van der Waals surface area contributed by atoms with Crippen LogP contribution in [-0.2, 0) is 13.5 Å². The Morgan fingerprint density at radius 3 is 2.45 bits per heavy atom. The van der Waals surface area contributed by atoms with Crippen LogP contribution in [0, 0.1) is 0 Å². The van der Waals surface area contributed by atoms with E-state index in [2.05, 4.69) is 22.5 Å². The second-order valence-electron chi connectivity index (χ2n) is 5.21. The number of nitrogens with zero attached hydrogens (tertiary/aromatic N) is 1. The monoisotopic (exact) mass is 300 g/mol. The Bertz CT molecular complexity index is 849. The van der Waals surface area contributed by atoms with Gasteiger partial charge in [0, 0.05) is 7.05 Å². The molecule has 2 heterocycles. The van der Waals surface area contributed by atoms with Gasteiger partial charge < -0.3 is 5.32 Å². The van der Waals surface area contributed by atoms with Gasteiger partial charge in [-0.2, -0.15) is 0 Å². The summed E-state index contributed by atoms with van der Waals surface area (Å²) in [6.07, 6.45) is 0.907. The van der Waals surface area contributed by atoms with Crippen molar-refractivity contribution >= 4 is 11.8 Å². The number of H-pyrrole nitrogens is 1. The van der Waals surface area contributed by atoms with Crippen LogP contribution in [0.3, 0.4) is 0 Å². The van der Waals surface area contributed by atoms with E-state index in [4.69, 9.17) is 0 Å². The third-order valence-corrected chi connectivity index (χ3v) is 3.88. The van der Waals surface area contributed by atoms with Crippen molar-refractivity contribution < 1.29 is 4.79 Å². The summed E-state index contributed by atoms with van der Waals surface area (Å²) in [6.45, 7) is 2.05. The summed E-state index contributed by atoms with van der Waals surface area (Å²) in [5.74, 6) is 0.224. The number of aromatic nitrogens is 2. The summed E-state index contributed by atoms with van der Waals surface area (Å²) >= 11 is 0. The number of urea groups is 1. The second-order valence-corrected chi connectivity index (χ2v) is 5.21. The second kappa shape index (κ2) is 5.18. The molecule has 1 aromatic heterocycles. The molecule has 3 N–H and O–H groups in total. The Morgan fingerprint density at radius 1 is 1.14 bits per heavy atom. The number of anilines is 1. The zero-order valence-corrected chi connectivity index (χ0v) is 12.3. The SMILES string of the molecule is CCc1ccc(C2NC(=O)Nc3c2c(=O)[nH]c(=O)n3C)cc1. The maximum Gasteiger partial charge on any atom is 0.329 e. The van der Waals surface area contributed by atoms with E-state index < -0.39 is 23.3 Å². The first kappa shape index (κ1) is 14.1. The Morgan fingerprint density at radius 2 is 1.82 bits per heavy atom. The van der Waals surface area contributed by atoms with E-state index in [0.717, 1.165) is 12.0 Å². The molecule has 2 amide bonds. The summed E-state index contributed by atoms with van der Waals surface area (Å²) in [7, 11) is 1.50. The normalized spacial score (nSPS) is 16.6. The molecule has 0 spiro atoms. The molecule has 0 bridgehead atoms. The van der Waals surface area contributed by atoms with Crippen LogP contribution in [0.4, 0.5) is 10.6 Å². The summed E-state index contributed by atoms with van der Waals surface area (Å²) in [4.78, 5) is 38.0. The minimum Gasteiger partial charge on any atom is -0.327 e. The zero-order valence-electron chi connectivity index (χ0n) is 12.3. The van der Waals surface area contributed by atoms with Crippen LogP contribution in [0.25, 0.3) is 0 Å². The van der Waals surface area contributed by atoms with Crippen LogP contribution in [-0.4, -0.2) is 15.6 Å².